The molecule has 2 atom stereocenters. The molecule has 0 spiro atoms. The Morgan fingerprint density at radius 3 is 2.51 bits per heavy atom. The number of halogens is 4. The zero-order valence-corrected chi connectivity index (χ0v) is 23.5. The van der Waals surface area contributed by atoms with Gasteiger partial charge in [0.25, 0.3) is 5.91 Å². The Labute approximate surface area is 233 Å². The number of aryl methyl sites for hydroxylation is 1. The molecule has 1 N–H and O–H groups in total. The third-order valence-corrected chi connectivity index (χ3v) is 8.33. The second-order valence-electron chi connectivity index (χ2n) is 10.9. The number of carbonyl (C=O) groups is 2. The molecular weight excluding hydrogens is 555 g/mol. The van der Waals surface area contributed by atoms with E-state index >= 15 is 0 Å². The summed E-state index contributed by atoms with van der Waals surface area (Å²) in [4.78, 5) is 29.1. The van der Waals surface area contributed by atoms with Crippen molar-refractivity contribution in [2.24, 2.45) is 7.05 Å². The number of hydrogen-bond acceptors (Lipinski definition) is 6. The van der Waals surface area contributed by atoms with Crippen LogP contribution in [-0.2, 0) is 17.3 Å². The van der Waals surface area contributed by atoms with Crippen molar-refractivity contribution in [3.05, 3.63) is 40.7 Å². The molecule has 39 heavy (non-hydrogen) atoms. The molecule has 0 unspecified atom stereocenters. The minimum Gasteiger partial charge on any atom is -0.484 e. The number of benzene rings is 1. The van der Waals surface area contributed by atoms with Crippen LogP contribution in [0.25, 0.3) is 0 Å². The highest BCUT2D eigenvalue weighted by molar-refractivity contribution is 8.00. The SMILES string of the molecule is Cn1nc(C(C)(C)C)cc1C(=O)N1C[C@H](Sc2ccc(OCC(F)(F)F)cc2Cl)C[C@H]1C(=O)NC1(C#N)CC1. The summed E-state index contributed by atoms with van der Waals surface area (Å²) < 4.78 is 43.7. The molecular formula is C26H29ClF3N5O3S. The zero-order chi connectivity index (χ0) is 28.8. The molecule has 1 aliphatic carbocycles. The van der Waals surface area contributed by atoms with E-state index in [1.165, 1.54) is 33.5 Å². The number of aromatic nitrogens is 2. The Balaban J connectivity index is 1.55. The first-order valence-electron chi connectivity index (χ1n) is 12.4. The second kappa shape index (κ2) is 10.6. The first kappa shape index (κ1) is 29.1. The lowest BCUT2D eigenvalue weighted by Gasteiger charge is -2.24. The van der Waals surface area contributed by atoms with Gasteiger partial charge in [-0.2, -0.15) is 23.5 Å². The fraction of sp³-hybridized carbons (Fsp3) is 0.538. The highest BCUT2D eigenvalue weighted by atomic mass is 35.5. The predicted octanol–water partition coefficient (Wildman–Crippen LogP) is 4.86. The molecule has 1 aromatic heterocycles. The number of nitriles is 1. The minimum absolute atomic E-state index is 0.0146. The Kier molecular flexibility index (Phi) is 7.89. The quantitative estimate of drug-likeness (QED) is 0.500. The van der Waals surface area contributed by atoms with Gasteiger partial charge < -0.3 is 15.0 Å². The minimum atomic E-state index is -4.47. The normalized spacial score (nSPS) is 20.4. The number of alkyl halides is 3. The zero-order valence-electron chi connectivity index (χ0n) is 21.9. The van der Waals surface area contributed by atoms with Crippen molar-refractivity contribution in [3.8, 4) is 11.8 Å². The van der Waals surface area contributed by atoms with Gasteiger partial charge >= 0.3 is 6.18 Å². The molecule has 8 nitrogen and oxygen atoms in total. The summed E-state index contributed by atoms with van der Waals surface area (Å²) in [6.07, 6.45) is -3.05. The molecule has 210 valence electrons. The maximum absolute atomic E-state index is 13.7. The summed E-state index contributed by atoms with van der Waals surface area (Å²) in [7, 11) is 1.68. The van der Waals surface area contributed by atoms with Crippen LogP contribution in [0.2, 0.25) is 5.02 Å². The van der Waals surface area contributed by atoms with Gasteiger partial charge in [-0.15, -0.1) is 11.8 Å². The summed E-state index contributed by atoms with van der Waals surface area (Å²) >= 11 is 7.67. The van der Waals surface area contributed by atoms with Gasteiger partial charge in [0.05, 0.1) is 16.8 Å². The van der Waals surface area contributed by atoms with Crippen molar-refractivity contribution in [1.82, 2.24) is 20.0 Å². The molecule has 2 fully saturated rings. The summed E-state index contributed by atoms with van der Waals surface area (Å²) in [5.41, 5.74) is -0.0955. The smallest absolute Gasteiger partial charge is 0.422 e. The average Bonchev–Trinajstić information content (AvgIpc) is 3.28. The van der Waals surface area contributed by atoms with Crippen LogP contribution in [0.15, 0.2) is 29.2 Å². The highest BCUT2D eigenvalue weighted by Gasteiger charge is 2.49. The molecule has 4 rings (SSSR count). The summed E-state index contributed by atoms with van der Waals surface area (Å²) in [5.74, 6) is -0.766. The van der Waals surface area contributed by atoms with E-state index in [4.69, 9.17) is 16.3 Å². The molecule has 2 amide bonds. The van der Waals surface area contributed by atoms with E-state index < -0.39 is 30.3 Å². The van der Waals surface area contributed by atoms with Crippen LogP contribution in [0, 0.1) is 11.3 Å². The largest absolute Gasteiger partial charge is 0.484 e. The Morgan fingerprint density at radius 1 is 1.28 bits per heavy atom. The lowest BCUT2D eigenvalue weighted by molar-refractivity contribution is -0.153. The standard InChI is InChI=1S/C26H29ClF3N5O3S/c1-24(2,3)21-11-19(34(4)33-21)23(37)35-12-16(10-18(35)22(36)32-25(13-31)7-8-25)39-20-6-5-15(9-17(20)27)38-14-26(28,29)30/h5-6,9,11,16,18H,7-8,10,12,14H2,1-4H3,(H,32,36)/t16-,18+/m1/s1. The molecule has 13 heteroatoms. The summed E-state index contributed by atoms with van der Waals surface area (Å²) in [5, 5.41) is 16.7. The number of rotatable bonds is 7. The van der Waals surface area contributed by atoms with Crippen molar-refractivity contribution < 1.29 is 27.5 Å². The van der Waals surface area contributed by atoms with Gasteiger partial charge in [0.15, 0.2) is 6.61 Å². The van der Waals surface area contributed by atoms with E-state index in [2.05, 4.69) is 16.5 Å². The molecule has 1 aromatic carbocycles. The van der Waals surface area contributed by atoms with E-state index in [9.17, 15) is 28.0 Å². The first-order valence-corrected chi connectivity index (χ1v) is 13.6. The molecule has 2 heterocycles. The van der Waals surface area contributed by atoms with E-state index in [1.54, 1.807) is 19.2 Å². The van der Waals surface area contributed by atoms with Gasteiger partial charge in [0.2, 0.25) is 5.91 Å². The van der Waals surface area contributed by atoms with Crippen LogP contribution in [-0.4, -0.2) is 62.7 Å². The monoisotopic (exact) mass is 583 g/mol. The summed E-state index contributed by atoms with van der Waals surface area (Å²) in [6.45, 7) is 4.76. The number of nitrogens with one attached hydrogen (secondary N) is 1. The highest BCUT2D eigenvalue weighted by Crippen LogP contribution is 2.40. The van der Waals surface area contributed by atoms with E-state index in [0.29, 0.717) is 29.9 Å². The second-order valence-corrected chi connectivity index (χ2v) is 12.7. The predicted molar refractivity (Wildman–Crippen MR) is 140 cm³/mol. The van der Waals surface area contributed by atoms with Crippen LogP contribution in [0.1, 0.15) is 56.2 Å². The lowest BCUT2D eigenvalue weighted by Crippen LogP contribution is -2.49. The van der Waals surface area contributed by atoms with Crippen LogP contribution in [0.5, 0.6) is 5.75 Å². The van der Waals surface area contributed by atoms with Gasteiger partial charge in [-0.3, -0.25) is 14.3 Å². The molecule has 1 saturated carbocycles. The van der Waals surface area contributed by atoms with E-state index in [0.717, 1.165) is 5.69 Å². The fourth-order valence-corrected chi connectivity index (χ4v) is 5.75. The van der Waals surface area contributed by atoms with Crippen molar-refractivity contribution in [1.29, 1.82) is 5.26 Å². The Bertz CT molecular complexity index is 1310. The first-order chi connectivity index (χ1) is 18.1. The molecule has 2 aliphatic rings. The van der Waals surface area contributed by atoms with Crippen molar-refractivity contribution in [3.63, 3.8) is 0 Å². The molecule has 2 aromatic rings. The lowest BCUT2D eigenvalue weighted by atomic mass is 9.92. The van der Waals surface area contributed by atoms with Crippen molar-refractivity contribution in [2.45, 2.75) is 73.4 Å². The molecule has 1 saturated heterocycles. The maximum Gasteiger partial charge on any atom is 0.422 e. The number of nitrogens with zero attached hydrogens (tertiary/aromatic N) is 4. The molecule has 1 aliphatic heterocycles. The van der Waals surface area contributed by atoms with Crippen LogP contribution in [0.4, 0.5) is 13.2 Å². The number of hydrogen-bond donors (Lipinski definition) is 1. The molecule has 0 bridgehead atoms. The van der Waals surface area contributed by atoms with Gasteiger partial charge in [-0.25, -0.2) is 0 Å². The number of ether oxygens (including phenoxy) is 1. The Hall–Kier alpha value is -2.91. The summed E-state index contributed by atoms with van der Waals surface area (Å²) in [6, 6.07) is 7.32. The third kappa shape index (κ3) is 6.81. The topological polar surface area (TPSA) is 100 Å². The van der Waals surface area contributed by atoms with Gasteiger partial charge in [-0.1, -0.05) is 32.4 Å². The van der Waals surface area contributed by atoms with E-state index in [-0.39, 0.29) is 33.9 Å². The van der Waals surface area contributed by atoms with E-state index in [1.807, 2.05) is 20.8 Å². The van der Waals surface area contributed by atoms with Crippen molar-refractivity contribution in [2.75, 3.05) is 13.2 Å². The van der Waals surface area contributed by atoms with Crippen LogP contribution in [0.3, 0.4) is 0 Å². The number of thioether (sulfide) groups is 1. The Morgan fingerprint density at radius 2 is 1.97 bits per heavy atom. The van der Waals surface area contributed by atoms with Crippen molar-refractivity contribution >= 4 is 35.2 Å². The molecule has 0 radical (unpaired) electrons. The van der Waals surface area contributed by atoms with Gasteiger partial charge in [-0.05, 0) is 43.5 Å². The average molecular weight is 584 g/mol. The van der Waals surface area contributed by atoms with Crippen LogP contribution < -0.4 is 10.1 Å². The number of amides is 2. The maximum atomic E-state index is 13.7. The van der Waals surface area contributed by atoms with Gasteiger partial charge in [0.1, 0.15) is 23.0 Å². The number of carbonyl (C=O) groups excluding carboxylic acids is 2. The number of likely N-dealkylation sites (tertiary alicyclic amines) is 1. The van der Waals surface area contributed by atoms with Crippen LogP contribution >= 0.6 is 23.4 Å². The van der Waals surface area contributed by atoms with Gasteiger partial charge in [0, 0.05) is 29.2 Å². The fourth-order valence-electron chi connectivity index (χ4n) is 4.26. The third-order valence-electron chi connectivity index (χ3n) is 6.62.